The molecule has 0 spiro atoms. The molecule has 5 atom stereocenters. The third-order valence-corrected chi connectivity index (χ3v) is 6.26. The second-order valence-corrected chi connectivity index (χ2v) is 8.69. The summed E-state index contributed by atoms with van der Waals surface area (Å²) < 4.78 is 37.0. The van der Waals surface area contributed by atoms with Crippen molar-refractivity contribution in [2.45, 2.75) is 56.2 Å². The van der Waals surface area contributed by atoms with Gasteiger partial charge in [-0.15, -0.1) is 10.2 Å². The molecule has 0 aliphatic carbocycles. The van der Waals surface area contributed by atoms with Crippen LogP contribution in [0.2, 0.25) is 0 Å². The van der Waals surface area contributed by atoms with Crippen LogP contribution >= 0.6 is 0 Å². The van der Waals surface area contributed by atoms with E-state index < -0.39 is 29.5 Å². The lowest BCUT2D eigenvalue weighted by Gasteiger charge is -2.43. The van der Waals surface area contributed by atoms with Crippen molar-refractivity contribution in [1.82, 2.24) is 30.0 Å². The van der Waals surface area contributed by atoms with Crippen LogP contribution in [0.3, 0.4) is 0 Å². The predicted molar refractivity (Wildman–Crippen MR) is 107 cm³/mol. The van der Waals surface area contributed by atoms with Crippen LogP contribution in [0.15, 0.2) is 43.1 Å². The number of rotatable bonds is 4. The quantitative estimate of drug-likeness (QED) is 0.659. The number of halogens is 2. The van der Waals surface area contributed by atoms with Gasteiger partial charge < -0.3 is 19.7 Å². The number of aromatic hydroxyl groups is 1. The van der Waals surface area contributed by atoms with Crippen molar-refractivity contribution in [1.29, 1.82) is 0 Å². The molecule has 0 radical (unpaired) electrons. The fourth-order valence-corrected chi connectivity index (χ4v) is 4.65. The van der Waals surface area contributed by atoms with E-state index in [1.165, 1.54) is 6.20 Å². The zero-order valence-electron chi connectivity index (χ0n) is 17.0. The standard InChI is InChI=1S/C21H22F2N6O2/c1-20-8-15(18(23)21(2,28-20)9-16(20)22)31-17-10-25-19(27-26-17)13-4-3-12(7-14(13)30)29-6-5-24-11-29/h3-7,10-11,15-16,18,28,30H,8-9H2,1-2H3/t15-,16-,18+,20+,21+/m1/s1. The summed E-state index contributed by atoms with van der Waals surface area (Å²) >= 11 is 0. The van der Waals surface area contributed by atoms with Gasteiger partial charge in [0.15, 0.2) is 12.0 Å². The summed E-state index contributed by atoms with van der Waals surface area (Å²) in [6.07, 6.45) is 3.22. The minimum atomic E-state index is -1.40. The van der Waals surface area contributed by atoms with E-state index in [1.807, 2.05) is 0 Å². The molecule has 0 amide bonds. The number of hydrogen-bond donors (Lipinski definition) is 2. The zero-order valence-corrected chi connectivity index (χ0v) is 17.0. The number of benzene rings is 1. The van der Waals surface area contributed by atoms with E-state index in [0.717, 1.165) is 5.69 Å². The Balaban J connectivity index is 1.34. The molecule has 5 rings (SSSR count). The number of hydrogen-bond acceptors (Lipinski definition) is 7. The van der Waals surface area contributed by atoms with Gasteiger partial charge in [0.2, 0.25) is 0 Å². The van der Waals surface area contributed by atoms with Gasteiger partial charge in [-0.05, 0) is 26.0 Å². The maximum absolute atomic E-state index is 15.0. The van der Waals surface area contributed by atoms with Crippen molar-refractivity contribution in [2.75, 3.05) is 0 Å². The Bertz CT molecular complexity index is 1100. The summed E-state index contributed by atoms with van der Waals surface area (Å²) in [4.78, 5) is 8.19. The number of alkyl halides is 2. The van der Waals surface area contributed by atoms with Crippen LogP contribution in [0.4, 0.5) is 8.78 Å². The average molecular weight is 428 g/mol. The number of nitrogens with one attached hydrogen (secondary N) is 1. The number of ether oxygens (including phenoxy) is 1. The number of nitrogens with zero attached hydrogens (tertiary/aromatic N) is 5. The van der Waals surface area contributed by atoms with Gasteiger partial charge in [-0.3, -0.25) is 0 Å². The fraction of sp³-hybridized carbons (Fsp3) is 0.429. The minimum Gasteiger partial charge on any atom is -0.507 e. The molecule has 4 heterocycles. The van der Waals surface area contributed by atoms with Crippen LogP contribution in [-0.4, -0.2) is 59.4 Å². The van der Waals surface area contributed by atoms with E-state index in [2.05, 4.69) is 25.5 Å². The molecule has 0 unspecified atom stereocenters. The highest BCUT2D eigenvalue weighted by atomic mass is 19.1. The molecule has 0 saturated carbocycles. The van der Waals surface area contributed by atoms with Gasteiger partial charge in [-0.1, -0.05) is 0 Å². The number of aromatic nitrogens is 5. The van der Waals surface area contributed by atoms with Crippen molar-refractivity contribution in [3.05, 3.63) is 43.1 Å². The lowest BCUT2D eigenvalue weighted by molar-refractivity contribution is -0.0133. The van der Waals surface area contributed by atoms with E-state index in [4.69, 9.17) is 4.74 Å². The molecule has 1 aromatic carbocycles. The highest BCUT2D eigenvalue weighted by molar-refractivity contribution is 5.65. The Morgan fingerprint density at radius 3 is 2.71 bits per heavy atom. The van der Waals surface area contributed by atoms with Gasteiger partial charge in [-0.25, -0.2) is 18.7 Å². The van der Waals surface area contributed by atoms with Crippen LogP contribution < -0.4 is 10.1 Å². The molecule has 162 valence electrons. The predicted octanol–water partition coefficient (Wildman–Crippen LogP) is 2.77. The highest BCUT2D eigenvalue weighted by Gasteiger charge is 2.61. The van der Waals surface area contributed by atoms with Crippen molar-refractivity contribution in [3.63, 3.8) is 0 Å². The molecule has 3 aromatic rings. The normalized spacial score (nSPS) is 32.2. The van der Waals surface area contributed by atoms with E-state index in [0.29, 0.717) is 5.56 Å². The number of fused-ring (bicyclic) bond motifs is 2. The van der Waals surface area contributed by atoms with E-state index in [9.17, 15) is 9.50 Å². The molecule has 10 heteroatoms. The fourth-order valence-electron chi connectivity index (χ4n) is 4.65. The molecule has 2 aliphatic rings. The van der Waals surface area contributed by atoms with Crippen molar-refractivity contribution < 1.29 is 18.6 Å². The smallest absolute Gasteiger partial charge is 0.252 e. The summed E-state index contributed by atoms with van der Waals surface area (Å²) in [6, 6.07) is 5.03. The number of phenols is 1. The Morgan fingerprint density at radius 1 is 1.19 bits per heavy atom. The molecule has 2 aliphatic heterocycles. The summed E-state index contributed by atoms with van der Waals surface area (Å²) in [5.74, 6) is 0.233. The van der Waals surface area contributed by atoms with Crippen molar-refractivity contribution in [3.8, 4) is 28.7 Å². The molecule has 2 bridgehead atoms. The van der Waals surface area contributed by atoms with Gasteiger partial charge in [-0.2, -0.15) is 0 Å². The Kier molecular flexibility index (Phi) is 4.44. The number of phenolic OH excluding ortho intramolecular Hbond substituents is 1. The summed E-state index contributed by atoms with van der Waals surface area (Å²) in [5, 5.41) is 21.5. The summed E-state index contributed by atoms with van der Waals surface area (Å²) in [5.41, 5.74) is -0.701. The Morgan fingerprint density at radius 2 is 2.03 bits per heavy atom. The molecule has 8 nitrogen and oxygen atoms in total. The summed E-state index contributed by atoms with van der Waals surface area (Å²) in [6.45, 7) is 3.42. The summed E-state index contributed by atoms with van der Waals surface area (Å²) in [7, 11) is 0. The molecule has 31 heavy (non-hydrogen) atoms. The first-order valence-electron chi connectivity index (χ1n) is 10.0. The molecule has 2 N–H and O–H groups in total. The van der Waals surface area contributed by atoms with Gasteiger partial charge in [0.05, 0.1) is 34.9 Å². The zero-order chi connectivity index (χ0) is 21.8. The maximum Gasteiger partial charge on any atom is 0.252 e. The lowest BCUT2D eigenvalue weighted by atomic mass is 9.84. The SMILES string of the molecule is C[C@]12C[C@@H](Oc3cnc(-c4ccc(-n5ccnc5)cc4O)nn3)[C@H](F)[C@](C)(C[C@H]1F)N2. The van der Waals surface area contributed by atoms with E-state index >= 15 is 4.39 Å². The van der Waals surface area contributed by atoms with E-state index in [1.54, 1.807) is 55.3 Å². The molecular formula is C21H22F2N6O2. The first-order valence-corrected chi connectivity index (χ1v) is 10.0. The van der Waals surface area contributed by atoms with Crippen LogP contribution in [0.5, 0.6) is 11.6 Å². The van der Waals surface area contributed by atoms with Crippen molar-refractivity contribution in [2.24, 2.45) is 0 Å². The van der Waals surface area contributed by atoms with Gasteiger partial charge in [0.25, 0.3) is 5.88 Å². The number of imidazole rings is 1. The van der Waals surface area contributed by atoms with Crippen LogP contribution in [0.1, 0.15) is 26.7 Å². The molecule has 2 fully saturated rings. The molecular weight excluding hydrogens is 406 g/mol. The first-order chi connectivity index (χ1) is 14.8. The van der Waals surface area contributed by atoms with Crippen molar-refractivity contribution >= 4 is 0 Å². The van der Waals surface area contributed by atoms with E-state index in [-0.39, 0.29) is 30.3 Å². The maximum atomic E-state index is 15.0. The molecule has 2 aromatic heterocycles. The topological polar surface area (TPSA) is 98.0 Å². The minimum absolute atomic E-state index is 0.0183. The first kappa shape index (κ1) is 19.8. The third-order valence-electron chi connectivity index (χ3n) is 6.26. The third kappa shape index (κ3) is 3.31. The van der Waals surface area contributed by atoms with Gasteiger partial charge in [0.1, 0.15) is 18.0 Å². The van der Waals surface area contributed by atoms with Gasteiger partial charge >= 0.3 is 0 Å². The second kappa shape index (κ2) is 6.94. The monoisotopic (exact) mass is 428 g/mol. The molecule has 2 saturated heterocycles. The largest absolute Gasteiger partial charge is 0.507 e. The average Bonchev–Trinajstić information content (AvgIpc) is 3.33. The Hall–Kier alpha value is -3.14. The number of piperidine rings is 1. The van der Waals surface area contributed by atoms with Gasteiger partial charge in [0, 0.05) is 31.3 Å². The van der Waals surface area contributed by atoms with Crippen LogP contribution in [0, 0.1) is 0 Å². The van der Waals surface area contributed by atoms with Crippen LogP contribution in [-0.2, 0) is 0 Å². The highest BCUT2D eigenvalue weighted by Crippen LogP contribution is 2.46. The lowest BCUT2D eigenvalue weighted by Crippen LogP contribution is -2.64. The second-order valence-electron chi connectivity index (χ2n) is 8.69. The van der Waals surface area contributed by atoms with Crippen LogP contribution in [0.25, 0.3) is 17.1 Å². The Labute approximate surface area is 177 Å².